The van der Waals surface area contributed by atoms with Crippen LogP contribution in [0.5, 0.6) is 0 Å². The van der Waals surface area contributed by atoms with Crippen molar-refractivity contribution in [2.24, 2.45) is 7.05 Å². The molecule has 7 heteroatoms. The van der Waals surface area contributed by atoms with E-state index < -0.39 is 17.7 Å². The van der Waals surface area contributed by atoms with Crippen LogP contribution in [0.1, 0.15) is 45.1 Å². The largest absolute Gasteiger partial charge is 0.336 e. The van der Waals surface area contributed by atoms with Crippen LogP contribution in [-0.2, 0) is 7.05 Å². The molecule has 2 amide bonds. The number of aromatic nitrogens is 2. The van der Waals surface area contributed by atoms with Crippen LogP contribution in [0.3, 0.4) is 0 Å². The number of rotatable bonds is 5. The van der Waals surface area contributed by atoms with Crippen molar-refractivity contribution in [2.45, 2.75) is 45.8 Å². The molecule has 1 aromatic carbocycles. The number of carbonyl (C=O) groups excluding carboxylic acids is 1. The molecule has 2 aromatic rings. The van der Waals surface area contributed by atoms with Crippen molar-refractivity contribution in [1.29, 1.82) is 0 Å². The third-order valence-electron chi connectivity index (χ3n) is 4.01. The maximum Gasteiger partial charge on any atom is 0.318 e. The standard InChI is InChI=1S/C18H24F2N4O/c1-11(2)24(12(3)4)18(25)22-16(17-21-8-9-23(17)5)13-6-7-14(19)15(20)10-13/h6-12,16H,1-5H3,(H,22,25)/t16-/m0/s1. The van der Waals surface area contributed by atoms with Crippen molar-refractivity contribution in [2.75, 3.05) is 0 Å². The molecule has 2 rings (SSSR count). The predicted molar refractivity (Wildman–Crippen MR) is 92.1 cm³/mol. The molecule has 0 bridgehead atoms. The molecule has 5 nitrogen and oxygen atoms in total. The van der Waals surface area contributed by atoms with Gasteiger partial charge in [0.25, 0.3) is 0 Å². The average Bonchev–Trinajstić information content (AvgIpc) is 2.93. The summed E-state index contributed by atoms with van der Waals surface area (Å²) in [5.41, 5.74) is 0.425. The zero-order valence-electron chi connectivity index (χ0n) is 15.1. The van der Waals surface area contributed by atoms with Gasteiger partial charge in [0.15, 0.2) is 11.6 Å². The number of nitrogens with one attached hydrogen (secondary N) is 1. The first kappa shape index (κ1) is 18.9. The maximum absolute atomic E-state index is 13.7. The van der Waals surface area contributed by atoms with Gasteiger partial charge in [-0.3, -0.25) is 0 Å². The van der Waals surface area contributed by atoms with E-state index in [0.29, 0.717) is 11.4 Å². The van der Waals surface area contributed by atoms with E-state index in [1.54, 1.807) is 28.9 Å². The number of amides is 2. The summed E-state index contributed by atoms with van der Waals surface area (Å²) in [4.78, 5) is 18.7. The molecule has 0 saturated heterocycles. The minimum absolute atomic E-state index is 0.00743. The Bertz CT molecular complexity index is 734. The molecule has 0 aliphatic heterocycles. The number of carbonyl (C=O) groups is 1. The molecule has 1 atom stereocenters. The molecule has 1 aromatic heterocycles. The van der Waals surface area contributed by atoms with Crippen molar-refractivity contribution < 1.29 is 13.6 Å². The highest BCUT2D eigenvalue weighted by molar-refractivity contribution is 5.75. The predicted octanol–water partition coefficient (Wildman–Crippen LogP) is 3.62. The molecule has 0 unspecified atom stereocenters. The highest BCUT2D eigenvalue weighted by Gasteiger charge is 2.27. The lowest BCUT2D eigenvalue weighted by Crippen LogP contribution is -2.49. The second-order valence-electron chi connectivity index (χ2n) is 6.55. The molecule has 0 aliphatic rings. The van der Waals surface area contributed by atoms with E-state index >= 15 is 0 Å². The fraction of sp³-hybridized carbons (Fsp3) is 0.444. The molecule has 0 radical (unpaired) electrons. The number of nitrogens with zero attached hydrogens (tertiary/aromatic N) is 3. The van der Waals surface area contributed by atoms with Gasteiger partial charge in [-0.2, -0.15) is 0 Å². The van der Waals surface area contributed by atoms with E-state index in [2.05, 4.69) is 10.3 Å². The van der Waals surface area contributed by atoms with Gasteiger partial charge in [-0.15, -0.1) is 0 Å². The van der Waals surface area contributed by atoms with E-state index in [1.807, 2.05) is 27.7 Å². The van der Waals surface area contributed by atoms with Crippen molar-refractivity contribution in [3.05, 3.63) is 53.6 Å². The Kier molecular flexibility index (Phi) is 5.77. The zero-order chi connectivity index (χ0) is 18.7. The minimum Gasteiger partial charge on any atom is -0.336 e. The monoisotopic (exact) mass is 350 g/mol. The smallest absolute Gasteiger partial charge is 0.318 e. The Morgan fingerprint density at radius 1 is 1.16 bits per heavy atom. The molecule has 0 saturated carbocycles. The molecular weight excluding hydrogens is 326 g/mol. The number of hydrogen-bond acceptors (Lipinski definition) is 2. The Morgan fingerprint density at radius 3 is 2.28 bits per heavy atom. The van der Waals surface area contributed by atoms with Crippen LogP contribution in [0.15, 0.2) is 30.6 Å². The number of benzene rings is 1. The fourth-order valence-corrected chi connectivity index (χ4v) is 2.91. The number of halogens is 2. The quantitative estimate of drug-likeness (QED) is 0.895. The number of hydrogen-bond donors (Lipinski definition) is 1. The third kappa shape index (κ3) is 4.15. The first-order valence-electron chi connectivity index (χ1n) is 8.23. The molecule has 1 N–H and O–H groups in total. The second-order valence-corrected chi connectivity index (χ2v) is 6.55. The molecule has 0 spiro atoms. The summed E-state index contributed by atoms with van der Waals surface area (Å²) in [6.45, 7) is 7.69. The van der Waals surface area contributed by atoms with E-state index in [-0.39, 0.29) is 18.1 Å². The molecular formula is C18H24F2N4O. The van der Waals surface area contributed by atoms with Gasteiger partial charge in [0.2, 0.25) is 0 Å². The maximum atomic E-state index is 13.7. The number of aryl methyl sites for hydroxylation is 1. The zero-order valence-corrected chi connectivity index (χ0v) is 15.1. The van der Waals surface area contributed by atoms with Gasteiger partial charge in [-0.1, -0.05) is 6.07 Å². The van der Waals surface area contributed by atoms with E-state index in [1.165, 1.54) is 6.07 Å². The molecule has 0 aliphatic carbocycles. The second kappa shape index (κ2) is 7.63. The lowest BCUT2D eigenvalue weighted by Gasteiger charge is -2.32. The van der Waals surface area contributed by atoms with Gasteiger partial charge in [0.1, 0.15) is 11.9 Å². The summed E-state index contributed by atoms with van der Waals surface area (Å²) in [6, 6.07) is 2.59. The Hall–Kier alpha value is -2.44. The number of imidazole rings is 1. The van der Waals surface area contributed by atoms with E-state index in [0.717, 1.165) is 12.1 Å². The van der Waals surface area contributed by atoms with Crippen LogP contribution in [0.4, 0.5) is 13.6 Å². The highest BCUT2D eigenvalue weighted by Crippen LogP contribution is 2.23. The fourth-order valence-electron chi connectivity index (χ4n) is 2.91. The first-order chi connectivity index (χ1) is 11.7. The van der Waals surface area contributed by atoms with Crippen molar-refractivity contribution in [3.8, 4) is 0 Å². The Balaban J connectivity index is 2.41. The van der Waals surface area contributed by atoms with Crippen molar-refractivity contribution in [3.63, 3.8) is 0 Å². The molecule has 1 heterocycles. The lowest BCUT2D eigenvalue weighted by molar-refractivity contribution is 0.162. The molecule has 136 valence electrons. The topological polar surface area (TPSA) is 50.2 Å². The van der Waals surface area contributed by atoms with Crippen LogP contribution in [-0.4, -0.2) is 32.6 Å². The van der Waals surface area contributed by atoms with Gasteiger partial charge in [-0.05, 0) is 45.4 Å². The normalized spacial score (nSPS) is 12.5. The SMILES string of the molecule is CC(C)N(C(=O)N[C@@H](c1ccc(F)c(F)c1)c1nccn1C)C(C)C. The van der Waals surface area contributed by atoms with Crippen LogP contribution < -0.4 is 5.32 Å². The minimum atomic E-state index is -0.962. The first-order valence-corrected chi connectivity index (χ1v) is 8.23. The van der Waals surface area contributed by atoms with Gasteiger partial charge in [0.05, 0.1) is 0 Å². The summed E-state index contributed by atoms with van der Waals surface area (Å²) in [7, 11) is 1.78. The van der Waals surface area contributed by atoms with Crippen LogP contribution >= 0.6 is 0 Å². The van der Waals surface area contributed by atoms with Gasteiger partial charge < -0.3 is 14.8 Å². The summed E-state index contributed by atoms with van der Waals surface area (Å²) >= 11 is 0. The summed E-state index contributed by atoms with van der Waals surface area (Å²) in [5.74, 6) is -1.36. The Morgan fingerprint density at radius 2 is 1.80 bits per heavy atom. The Labute approximate surface area is 146 Å². The van der Waals surface area contributed by atoms with Crippen LogP contribution in [0, 0.1) is 11.6 Å². The molecule has 25 heavy (non-hydrogen) atoms. The lowest BCUT2D eigenvalue weighted by atomic mass is 10.1. The van der Waals surface area contributed by atoms with Crippen molar-refractivity contribution in [1.82, 2.24) is 19.8 Å². The van der Waals surface area contributed by atoms with E-state index in [9.17, 15) is 13.6 Å². The molecule has 0 fully saturated rings. The summed E-state index contributed by atoms with van der Waals surface area (Å²) < 4.78 is 28.7. The summed E-state index contributed by atoms with van der Waals surface area (Å²) in [5, 5.41) is 2.90. The van der Waals surface area contributed by atoms with E-state index in [4.69, 9.17) is 0 Å². The summed E-state index contributed by atoms with van der Waals surface area (Å²) in [6.07, 6.45) is 3.33. The van der Waals surface area contributed by atoms with Gasteiger partial charge in [0, 0.05) is 31.5 Å². The van der Waals surface area contributed by atoms with Gasteiger partial charge >= 0.3 is 6.03 Å². The highest BCUT2D eigenvalue weighted by atomic mass is 19.2. The van der Waals surface area contributed by atoms with Crippen LogP contribution in [0.25, 0.3) is 0 Å². The van der Waals surface area contributed by atoms with Gasteiger partial charge in [-0.25, -0.2) is 18.6 Å². The third-order valence-corrected chi connectivity index (χ3v) is 4.01. The average molecular weight is 350 g/mol. The van der Waals surface area contributed by atoms with Crippen molar-refractivity contribution >= 4 is 6.03 Å². The van der Waals surface area contributed by atoms with Crippen LogP contribution in [0.2, 0.25) is 0 Å². The number of urea groups is 1.